The molecule has 1 atom stereocenters. The topological polar surface area (TPSA) is 49.5 Å². The number of aliphatic hydroxyl groups is 1. The van der Waals surface area contributed by atoms with Crippen LogP contribution in [0.25, 0.3) is 11.1 Å². The predicted molar refractivity (Wildman–Crippen MR) is 66.1 cm³/mol. The van der Waals surface area contributed by atoms with Crippen molar-refractivity contribution in [3.63, 3.8) is 0 Å². The van der Waals surface area contributed by atoms with Gasteiger partial charge in [0.25, 0.3) is 6.01 Å². The summed E-state index contributed by atoms with van der Waals surface area (Å²) in [5.74, 6) is 0. The summed E-state index contributed by atoms with van der Waals surface area (Å²) in [6.07, 6.45) is 3.31. The lowest BCUT2D eigenvalue weighted by Gasteiger charge is -2.33. The first kappa shape index (κ1) is 10.6. The molecule has 3 rings (SSSR count). The van der Waals surface area contributed by atoms with Crippen molar-refractivity contribution in [2.24, 2.45) is 0 Å². The van der Waals surface area contributed by atoms with Crippen LogP contribution in [0.3, 0.4) is 0 Å². The van der Waals surface area contributed by atoms with E-state index in [1.54, 1.807) is 0 Å². The van der Waals surface area contributed by atoms with E-state index in [1.807, 2.05) is 24.3 Å². The van der Waals surface area contributed by atoms with Gasteiger partial charge in [0.05, 0.1) is 12.6 Å². The van der Waals surface area contributed by atoms with Crippen LogP contribution < -0.4 is 4.90 Å². The molecule has 0 bridgehead atoms. The zero-order valence-electron chi connectivity index (χ0n) is 9.67. The smallest absolute Gasteiger partial charge is 0.298 e. The van der Waals surface area contributed by atoms with Crippen LogP contribution in [0.4, 0.5) is 6.01 Å². The molecule has 0 saturated carbocycles. The summed E-state index contributed by atoms with van der Waals surface area (Å²) in [7, 11) is 0. The fourth-order valence-corrected chi connectivity index (χ4v) is 2.43. The van der Waals surface area contributed by atoms with E-state index in [0.717, 1.165) is 30.5 Å². The largest absolute Gasteiger partial charge is 0.423 e. The minimum absolute atomic E-state index is 0.150. The molecule has 1 saturated heterocycles. The summed E-state index contributed by atoms with van der Waals surface area (Å²) in [5.41, 5.74) is 1.69. The van der Waals surface area contributed by atoms with Gasteiger partial charge in [-0.1, -0.05) is 12.1 Å². The molecule has 1 aromatic heterocycles. The minimum Gasteiger partial charge on any atom is -0.423 e. The molecule has 2 aromatic rings. The number of benzene rings is 1. The lowest BCUT2D eigenvalue weighted by Crippen LogP contribution is -2.42. The highest BCUT2D eigenvalue weighted by atomic mass is 16.4. The highest BCUT2D eigenvalue weighted by Crippen LogP contribution is 2.27. The van der Waals surface area contributed by atoms with Crippen LogP contribution in [0.5, 0.6) is 0 Å². The van der Waals surface area contributed by atoms with E-state index in [-0.39, 0.29) is 12.6 Å². The molecule has 1 fully saturated rings. The Labute approximate surface area is 99.9 Å². The Bertz CT molecular complexity index is 476. The number of nitrogens with zero attached hydrogens (tertiary/aromatic N) is 2. The number of oxazole rings is 1. The fraction of sp³-hybridized carbons (Fsp3) is 0.462. The molecule has 4 nitrogen and oxygen atoms in total. The molecule has 0 spiro atoms. The summed E-state index contributed by atoms with van der Waals surface area (Å²) >= 11 is 0. The number of anilines is 1. The number of fused-ring (bicyclic) bond motifs is 1. The second kappa shape index (κ2) is 4.37. The van der Waals surface area contributed by atoms with Gasteiger partial charge >= 0.3 is 0 Å². The van der Waals surface area contributed by atoms with Crippen molar-refractivity contribution in [1.29, 1.82) is 0 Å². The van der Waals surface area contributed by atoms with Gasteiger partial charge in [0, 0.05) is 6.54 Å². The first-order valence-electron chi connectivity index (χ1n) is 6.11. The van der Waals surface area contributed by atoms with E-state index in [1.165, 1.54) is 6.42 Å². The van der Waals surface area contributed by atoms with E-state index < -0.39 is 0 Å². The van der Waals surface area contributed by atoms with Crippen molar-refractivity contribution in [3.8, 4) is 0 Å². The van der Waals surface area contributed by atoms with Crippen molar-refractivity contribution < 1.29 is 9.52 Å². The van der Waals surface area contributed by atoms with Crippen LogP contribution >= 0.6 is 0 Å². The van der Waals surface area contributed by atoms with Crippen LogP contribution in [0, 0.1) is 0 Å². The molecule has 17 heavy (non-hydrogen) atoms. The average Bonchev–Trinajstić information content (AvgIpc) is 2.82. The summed E-state index contributed by atoms with van der Waals surface area (Å²) in [4.78, 5) is 6.57. The maximum absolute atomic E-state index is 9.39. The van der Waals surface area contributed by atoms with Gasteiger partial charge in [-0.05, 0) is 31.4 Å². The van der Waals surface area contributed by atoms with Crippen molar-refractivity contribution in [2.45, 2.75) is 25.3 Å². The maximum Gasteiger partial charge on any atom is 0.298 e. The highest BCUT2D eigenvalue weighted by Gasteiger charge is 2.25. The molecule has 0 amide bonds. The Balaban J connectivity index is 1.96. The molecule has 0 aliphatic carbocycles. The van der Waals surface area contributed by atoms with E-state index in [0.29, 0.717) is 6.01 Å². The Hall–Kier alpha value is -1.55. The molecule has 0 radical (unpaired) electrons. The third-order valence-corrected chi connectivity index (χ3v) is 3.37. The van der Waals surface area contributed by atoms with Crippen molar-refractivity contribution in [3.05, 3.63) is 24.3 Å². The van der Waals surface area contributed by atoms with Crippen molar-refractivity contribution in [2.75, 3.05) is 18.1 Å². The van der Waals surface area contributed by atoms with Gasteiger partial charge in [0.2, 0.25) is 0 Å². The molecular weight excluding hydrogens is 216 g/mol. The van der Waals surface area contributed by atoms with Gasteiger partial charge in [-0.15, -0.1) is 0 Å². The first-order valence-corrected chi connectivity index (χ1v) is 6.11. The van der Waals surface area contributed by atoms with Crippen LogP contribution in [-0.2, 0) is 0 Å². The van der Waals surface area contributed by atoms with Gasteiger partial charge in [0.15, 0.2) is 5.58 Å². The number of rotatable bonds is 2. The SMILES string of the molecule is OCC1CCCCN1c1nc2ccccc2o1. The van der Waals surface area contributed by atoms with Crippen molar-refractivity contribution >= 4 is 17.1 Å². The van der Waals surface area contributed by atoms with Crippen LogP contribution in [-0.4, -0.2) is 29.3 Å². The lowest BCUT2D eigenvalue weighted by atomic mass is 10.0. The Morgan fingerprint density at radius 1 is 1.35 bits per heavy atom. The third kappa shape index (κ3) is 1.89. The minimum atomic E-state index is 0.150. The van der Waals surface area contributed by atoms with Crippen molar-refractivity contribution in [1.82, 2.24) is 4.98 Å². The van der Waals surface area contributed by atoms with Gasteiger partial charge in [0.1, 0.15) is 5.52 Å². The quantitative estimate of drug-likeness (QED) is 0.862. The van der Waals surface area contributed by atoms with Gasteiger partial charge in [-0.3, -0.25) is 0 Å². The summed E-state index contributed by atoms with van der Waals surface area (Å²) in [5, 5.41) is 9.39. The molecule has 1 unspecified atom stereocenters. The lowest BCUT2D eigenvalue weighted by molar-refractivity contribution is 0.235. The van der Waals surface area contributed by atoms with Gasteiger partial charge < -0.3 is 14.4 Å². The van der Waals surface area contributed by atoms with Gasteiger partial charge in [-0.25, -0.2) is 0 Å². The van der Waals surface area contributed by atoms with Crippen LogP contribution in [0.1, 0.15) is 19.3 Å². The van der Waals surface area contributed by atoms with E-state index in [9.17, 15) is 5.11 Å². The van der Waals surface area contributed by atoms with Crippen LogP contribution in [0.15, 0.2) is 28.7 Å². The predicted octanol–water partition coefficient (Wildman–Crippen LogP) is 2.18. The number of hydrogen-bond donors (Lipinski definition) is 1. The molecular formula is C13H16N2O2. The van der Waals surface area contributed by atoms with Crippen LogP contribution in [0.2, 0.25) is 0 Å². The number of aromatic nitrogens is 1. The van der Waals surface area contributed by atoms with Gasteiger partial charge in [-0.2, -0.15) is 4.98 Å². The average molecular weight is 232 g/mol. The second-order valence-electron chi connectivity index (χ2n) is 4.49. The Kier molecular flexibility index (Phi) is 2.73. The second-order valence-corrected chi connectivity index (χ2v) is 4.49. The Morgan fingerprint density at radius 2 is 2.24 bits per heavy atom. The summed E-state index contributed by atoms with van der Waals surface area (Å²) in [6.45, 7) is 1.08. The monoisotopic (exact) mass is 232 g/mol. The maximum atomic E-state index is 9.39. The highest BCUT2D eigenvalue weighted by molar-refractivity contribution is 5.74. The molecule has 1 aliphatic heterocycles. The number of hydrogen-bond acceptors (Lipinski definition) is 4. The zero-order valence-corrected chi connectivity index (χ0v) is 9.67. The van der Waals surface area contributed by atoms with E-state index >= 15 is 0 Å². The van der Waals surface area contributed by atoms with E-state index in [4.69, 9.17) is 4.42 Å². The number of para-hydroxylation sites is 2. The summed E-state index contributed by atoms with van der Waals surface area (Å²) < 4.78 is 5.74. The molecule has 1 aliphatic rings. The molecule has 2 heterocycles. The zero-order chi connectivity index (χ0) is 11.7. The first-order chi connectivity index (χ1) is 8.38. The Morgan fingerprint density at radius 3 is 3.06 bits per heavy atom. The fourth-order valence-electron chi connectivity index (χ4n) is 2.43. The summed E-state index contributed by atoms with van der Waals surface area (Å²) in [6, 6.07) is 8.55. The normalized spacial score (nSPS) is 21.0. The van der Waals surface area contributed by atoms with E-state index in [2.05, 4.69) is 9.88 Å². The number of piperidine rings is 1. The molecule has 90 valence electrons. The molecule has 4 heteroatoms. The third-order valence-electron chi connectivity index (χ3n) is 3.37. The molecule has 1 aromatic carbocycles. The standard InChI is InChI=1S/C13H16N2O2/c16-9-10-5-3-4-8-15(10)13-14-11-6-1-2-7-12(11)17-13/h1-2,6-7,10,16H,3-5,8-9H2. The molecule has 1 N–H and O–H groups in total. The number of aliphatic hydroxyl groups excluding tert-OH is 1.